The average molecular weight is 626 g/mol. The zero-order chi connectivity index (χ0) is 32.9. The van der Waals surface area contributed by atoms with Crippen LogP contribution in [0.4, 0.5) is 0 Å². The third kappa shape index (κ3) is 3.66. The van der Waals surface area contributed by atoms with Gasteiger partial charge in [0, 0.05) is 38.1 Å². The van der Waals surface area contributed by atoms with Crippen LogP contribution in [0.15, 0.2) is 152 Å². The Balaban J connectivity index is 1.32. The summed E-state index contributed by atoms with van der Waals surface area (Å²) in [7, 11) is 0. The van der Waals surface area contributed by atoms with Crippen molar-refractivity contribution >= 4 is 43.6 Å². The third-order valence-electron chi connectivity index (χ3n) is 10.8. The first-order valence-electron chi connectivity index (χ1n) is 16.9. The Kier molecular flexibility index (Phi) is 5.69. The maximum Gasteiger partial charge on any atom is 0.101 e. The molecule has 0 atom stereocenters. The molecular weight excluding hydrogens is 595 g/mol. The molecule has 0 aliphatic heterocycles. The van der Waals surface area contributed by atoms with Gasteiger partial charge < -0.3 is 9.13 Å². The molecule has 49 heavy (non-hydrogen) atoms. The Bertz CT molecular complexity index is 2820. The number of fused-ring (bicyclic) bond motifs is 10. The van der Waals surface area contributed by atoms with Crippen molar-refractivity contribution in [3.63, 3.8) is 0 Å². The molecule has 0 saturated carbocycles. The van der Waals surface area contributed by atoms with Gasteiger partial charge in [0.1, 0.15) is 6.07 Å². The minimum absolute atomic E-state index is 0.0871. The number of hydrogen-bond acceptors (Lipinski definition) is 1. The molecule has 2 heterocycles. The Hall–Kier alpha value is -6.37. The Labute approximate surface area is 284 Å². The van der Waals surface area contributed by atoms with Gasteiger partial charge in [-0.1, -0.05) is 129 Å². The van der Waals surface area contributed by atoms with E-state index in [0.717, 1.165) is 39.1 Å². The van der Waals surface area contributed by atoms with Crippen molar-refractivity contribution in [2.75, 3.05) is 0 Å². The van der Waals surface area contributed by atoms with Crippen LogP contribution in [0.3, 0.4) is 0 Å². The van der Waals surface area contributed by atoms with Gasteiger partial charge in [-0.15, -0.1) is 0 Å². The fourth-order valence-corrected chi connectivity index (χ4v) is 8.66. The molecule has 0 N–H and O–H groups in total. The van der Waals surface area contributed by atoms with Crippen LogP contribution in [0.25, 0.3) is 77.2 Å². The van der Waals surface area contributed by atoms with E-state index in [1.54, 1.807) is 0 Å². The molecule has 1 aliphatic rings. The van der Waals surface area contributed by atoms with Crippen LogP contribution >= 0.6 is 0 Å². The molecule has 0 unspecified atom stereocenters. The van der Waals surface area contributed by atoms with E-state index in [2.05, 4.69) is 169 Å². The number of hydrogen-bond donors (Lipinski definition) is 0. The second kappa shape index (κ2) is 10.1. The van der Waals surface area contributed by atoms with Crippen LogP contribution in [0, 0.1) is 11.3 Å². The van der Waals surface area contributed by atoms with Crippen LogP contribution in [0.1, 0.15) is 30.5 Å². The quantitative estimate of drug-likeness (QED) is 0.192. The lowest BCUT2D eigenvalue weighted by Crippen LogP contribution is -2.14. The predicted molar refractivity (Wildman–Crippen MR) is 203 cm³/mol. The van der Waals surface area contributed by atoms with E-state index in [4.69, 9.17) is 0 Å². The van der Waals surface area contributed by atoms with E-state index >= 15 is 0 Å². The van der Waals surface area contributed by atoms with E-state index < -0.39 is 0 Å². The summed E-state index contributed by atoms with van der Waals surface area (Å²) < 4.78 is 4.72. The average Bonchev–Trinajstić information content (AvgIpc) is 3.74. The van der Waals surface area contributed by atoms with Gasteiger partial charge in [-0.25, -0.2) is 0 Å². The molecule has 3 heteroatoms. The summed E-state index contributed by atoms with van der Waals surface area (Å²) in [5, 5.41) is 15.5. The summed E-state index contributed by atoms with van der Waals surface area (Å²) in [5.74, 6) is 0. The highest BCUT2D eigenvalue weighted by atomic mass is 15.0. The van der Waals surface area contributed by atoms with Gasteiger partial charge >= 0.3 is 0 Å². The number of nitrogens with zero attached hydrogens (tertiary/aromatic N) is 3. The monoisotopic (exact) mass is 625 g/mol. The smallest absolute Gasteiger partial charge is 0.101 e. The van der Waals surface area contributed by atoms with Gasteiger partial charge in [0.05, 0.1) is 39.0 Å². The van der Waals surface area contributed by atoms with Gasteiger partial charge in [0.25, 0.3) is 0 Å². The number of nitriles is 1. The summed E-state index contributed by atoms with van der Waals surface area (Å²) in [6, 6.07) is 56.7. The molecule has 230 valence electrons. The Morgan fingerprint density at radius 1 is 0.469 bits per heavy atom. The van der Waals surface area contributed by atoms with E-state index in [1.807, 2.05) is 12.1 Å². The summed E-state index contributed by atoms with van der Waals surface area (Å²) in [5.41, 5.74) is 14.5. The molecule has 0 saturated heterocycles. The van der Waals surface area contributed by atoms with Gasteiger partial charge in [0.15, 0.2) is 0 Å². The predicted octanol–water partition coefficient (Wildman–Crippen LogP) is 11.7. The van der Waals surface area contributed by atoms with E-state index in [1.165, 1.54) is 49.3 Å². The molecule has 1 aliphatic carbocycles. The zero-order valence-electron chi connectivity index (χ0n) is 27.3. The molecule has 0 spiro atoms. The molecule has 10 rings (SSSR count). The summed E-state index contributed by atoms with van der Waals surface area (Å²) in [6.07, 6.45) is 0. The highest BCUT2D eigenvalue weighted by molar-refractivity contribution is 6.18. The fraction of sp³-hybridized carbons (Fsp3) is 0.0652. The molecule has 0 fully saturated rings. The van der Waals surface area contributed by atoms with Crippen molar-refractivity contribution < 1.29 is 0 Å². The molecule has 9 aromatic rings. The molecule has 3 nitrogen and oxygen atoms in total. The highest BCUT2D eigenvalue weighted by Crippen LogP contribution is 2.53. The number of benzene rings is 7. The van der Waals surface area contributed by atoms with Gasteiger partial charge in [0.2, 0.25) is 0 Å². The molecule has 0 bridgehead atoms. The Morgan fingerprint density at radius 3 is 1.76 bits per heavy atom. The van der Waals surface area contributed by atoms with Crippen molar-refractivity contribution in [1.82, 2.24) is 9.13 Å². The zero-order valence-corrected chi connectivity index (χ0v) is 27.3. The first-order chi connectivity index (χ1) is 24.1. The van der Waals surface area contributed by atoms with E-state index in [0.29, 0.717) is 5.56 Å². The van der Waals surface area contributed by atoms with Crippen LogP contribution < -0.4 is 0 Å². The number of aromatic nitrogens is 2. The first-order valence-corrected chi connectivity index (χ1v) is 16.9. The normalized spacial score (nSPS) is 13.2. The second-order valence-corrected chi connectivity index (χ2v) is 13.6. The lowest BCUT2D eigenvalue weighted by atomic mass is 9.82. The van der Waals surface area contributed by atoms with E-state index in [9.17, 15) is 5.26 Å². The summed E-state index contributed by atoms with van der Waals surface area (Å²) in [6.45, 7) is 4.69. The third-order valence-corrected chi connectivity index (χ3v) is 10.8. The molecule has 0 amide bonds. The summed E-state index contributed by atoms with van der Waals surface area (Å²) >= 11 is 0. The fourth-order valence-electron chi connectivity index (χ4n) is 8.66. The van der Waals surface area contributed by atoms with Crippen molar-refractivity contribution in [3.05, 3.63) is 168 Å². The van der Waals surface area contributed by atoms with Crippen molar-refractivity contribution in [1.29, 1.82) is 5.26 Å². The van der Waals surface area contributed by atoms with Crippen LogP contribution in [-0.4, -0.2) is 9.13 Å². The lowest BCUT2D eigenvalue weighted by Gasteiger charge is -2.21. The van der Waals surface area contributed by atoms with Crippen LogP contribution in [-0.2, 0) is 5.41 Å². The summed E-state index contributed by atoms with van der Waals surface area (Å²) in [4.78, 5) is 0. The van der Waals surface area contributed by atoms with Gasteiger partial charge in [-0.05, 0) is 58.7 Å². The SMILES string of the molecule is CC1(C)c2ccccc2-c2c1ccc1c2c2ccccc2n1-c1ccccc1-c1cccc(C#N)c1-n1c2ccccc2c2ccccc21. The molecule has 7 aromatic carbocycles. The van der Waals surface area contributed by atoms with Crippen molar-refractivity contribution in [2.45, 2.75) is 19.3 Å². The maximum atomic E-state index is 10.6. The lowest BCUT2D eigenvalue weighted by molar-refractivity contribution is 0.661. The van der Waals surface area contributed by atoms with Crippen molar-refractivity contribution in [3.8, 4) is 39.7 Å². The molecule has 2 aromatic heterocycles. The highest BCUT2D eigenvalue weighted by Gasteiger charge is 2.37. The molecule has 0 radical (unpaired) electrons. The minimum Gasteiger partial charge on any atom is -0.309 e. The second-order valence-electron chi connectivity index (χ2n) is 13.6. The van der Waals surface area contributed by atoms with Crippen molar-refractivity contribution in [2.24, 2.45) is 0 Å². The first kappa shape index (κ1) is 27.7. The Morgan fingerprint density at radius 2 is 1.04 bits per heavy atom. The number of rotatable bonds is 3. The topological polar surface area (TPSA) is 33.6 Å². The van der Waals surface area contributed by atoms with Crippen LogP contribution in [0.2, 0.25) is 0 Å². The maximum absolute atomic E-state index is 10.6. The van der Waals surface area contributed by atoms with Gasteiger partial charge in [-0.3, -0.25) is 0 Å². The minimum atomic E-state index is -0.0871. The molecular formula is C46H31N3. The van der Waals surface area contributed by atoms with Gasteiger partial charge in [-0.2, -0.15) is 5.26 Å². The number of para-hydroxylation sites is 5. The van der Waals surface area contributed by atoms with Crippen LogP contribution in [0.5, 0.6) is 0 Å². The van der Waals surface area contributed by atoms with E-state index in [-0.39, 0.29) is 5.41 Å². The standard InChI is InChI=1S/C46H31N3/c1-46(2)36-21-8-3-18-34(36)43-37(46)26-27-42-44(43)35-19-7-12-25-41(35)48(42)38-22-9-6-17-32(38)33-20-13-14-29(28-47)45(33)49-39-23-10-4-15-30(39)31-16-5-11-24-40(31)49/h3-27H,1-2H3. The largest absolute Gasteiger partial charge is 0.309 e.